The molecule has 7 heteroatoms. The fourth-order valence-electron chi connectivity index (χ4n) is 1.99. The van der Waals surface area contributed by atoms with E-state index in [0.717, 1.165) is 5.69 Å². The molecule has 0 bridgehead atoms. The molecule has 1 aliphatic heterocycles. The molecule has 134 valence electrons. The van der Waals surface area contributed by atoms with Crippen molar-refractivity contribution in [2.75, 3.05) is 6.61 Å². The predicted molar refractivity (Wildman–Crippen MR) is 83.6 cm³/mol. The first-order valence-electron chi connectivity index (χ1n) is 8.02. The van der Waals surface area contributed by atoms with Gasteiger partial charge in [0.15, 0.2) is 6.10 Å². The van der Waals surface area contributed by atoms with Gasteiger partial charge in [-0.3, -0.25) is 0 Å². The van der Waals surface area contributed by atoms with Crippen LogP contribution in [0.15, 0.2) is 6.07 Å². The van der Waals surface area contributed by atoms with Gasteiger partial charge in [-0.05, 0) is 26.7 Å². The van der Waals surface area contributed by atoms with Crippen LogP contribution in [0.4, 0.5) is 13.2 Å². The normalized spacial score (nSPS) is 20.6. The van der Waals surface area contributed by atoms with Crippen molar-refractivity contribution in [1.29, 1.82) is 0 Å². The van der Waals surface area contributed by atoms with Gasteiger partial charge in [-0.25, -0.2) is 4.98 Å². The van der Waals surface area contributed by atoms with Gasteiger partial charge < -0.3 is 9.47 Å². The van der Waals surface area contributed by atoms with Gasteiger partial charge in [0.1, 0.15) is 11.9 Å². The molecule has 2 atom stereocenters. The first-order chi connectivity index (χ1) is 10.8. The maximum absolute atomic E-state index is 12.4. The Bertz CT molecular complexity index is 425. The molecule has 1 aromatic heterocycles. The highest BCUT2D eigenvalue weighted by atomic mass is 19.4. The molecule has 0 amide bonds. The molecular formula is C16H27F3N2O2. The minimum atomic E-state index is -4.30. The summed E-state index contributed by atoms with van der Waals surface area (Å²) in [5.41, 5.74) is 0.757. The third-order valence-electron chi connectivity index (χ3n) is 2.83. The van der Waals surface area contributed by atoms with Crippen LogP contribution in [0, 0.1) is 13.8 Å². The van der Waals surface area contributed by atoms with E-state index in [0.29, 0.717) is 18.1 Å². The van der Waals surface area contributed by atoms with Gasteiger partial charge in [0, 0.05) is 11.8 Å². The van der Waals surface area contributed by atoms with E-state index in [1.54, 1.807) is 19.9 Å². The maximum atomic E-state index is 12.4. The zero-order valence-electron chi connectivity index (χ0n) is 14.7. The second-order valence-electron chi connectivity index (χ2n) is 4.58. The molecule has 0 saturated carbocycles. The zero-order valence-corrected chi connectivity index (χ0v) is 14.7. The topological polar surface area (TPSA) is 44.2 Å². The minimum Gasteiger partial charge on any atom is -0.472 e. The van der Waals surface area contributed by atoms with Crippen LogP contribution in [0.5, 0.6) is 5.88 Å². The molecule has 0 spiro atoms. The summed E-state index contributed by atoms with van der Waals surface area (Å²) >= 11 is 0. The summed E-state index contributed by atoms with van der Waals surface area (Å²) in [6, 6.07) is 1.66. The summed E-state index contributed by atoms with van der Waals surface area (Å²) in [5, 5.41) is 0. The maximum Gasteiger partial charge on any atom is 0.414 e. The van der Waals surface area contributed by atoms with Crippen molar-refractivity contribution in [2.24, 2.45) is 0 Å². The van der Waals surface area contributed by atoms with Crippen LogP contribution in [-0.4, -0.2) is 35.0 Å². The van der Waals surface area contributed by atoms with Crippen LogP contribution in [0.2, 0.25) is 0 Å². The highest BCUT2D eigenvalue weighted by Crippen LogP contribution is 2.30. The van der Waals surface area contributed by atoms with E-state index in [9.17, 15) is 13.2 Å². The van der Waals surface area contributed by atoms with Crippen molar-refractivity contribution in [3.8, 4) is 5.88 Å². The summed E-state index contributed by atoms with van der Waals surface area (Å²) < 4.78 is 47.6. The predicted octanol–water partition coefficient (Wildman–Crippen LogP) is 4.63. The minimum absolute atomic E-state index is 0.0771. The Hall–Kier alpha value is -1.37. The van der Waals surface area contributed by atoms with E-state index in [1.165, 1.54) is 0 Å². The Kier molecular flexibility index (Phi) is 9.79. The number of alkyl halides is 3. The molecule has 1 fully saturated rings. The average Bonchev–Trinajstić information content (AvgIpc) is 2.50. The first kappa shape index (κ1) is 21.6. The van der Waals surface area contributed by atoms with E-state index in [2.05, 4.69) is 9.97 Å². The summed E-state index contributed by atoms with van der Waals surface area (Å²) in [6.07, 6.45) is -6.16. The lowest BCUT2D eigenvalue weighted by Gasteiger charge is -2.30. The largest absolute Gasteiger partial charge is 0.472 e. The number of halogens is 3. The fraction of sp³-hybridized carbons (Fsp3) is 0.750. The van der Waals surface area contributed by atoms with Gasteiger partial charge in [-0.15, -0.1) is 0 Å². The van der Waals surface area contributed by atoms with Crippen LogP contribution < -0.4 is 4.74 Å². The molecule has 1 aromatic rings. The molecule has 1 unspecified atom stereocenters. The summed E-state index contributed by atoms with van der Waals surface area (Å²) in [7, 11) is 0. The van der Waals surface area contributed by atoms with Crippen LogP contribution in [0.25, 0.3) is 0 Å². The SMILES string of the molecule is CC.CC.Cc1cc(O[C@@H]2CCC(C(F)(F)F)OC2)nc(C)n1. The van der Waals surface area contributed by atoms with Crippen LogP contribution in [0.1, 0.15) is 52.1 Å². The number of rotatable bonds is 2. The van der Waals surface area contributed by atoms with Gasteiger partial charge in [-0.1, -0.05) is 27.7 Å². The molecule has 0 N–H and O–H groups in total. The number of aromatic nitrogens is 2. The molecular weight excluding hydrogens is 309 g/mol. The molecule has 0 radical (unpaired) electrons. The Balaban J connectivity index is 0.00000112. The van der Waals surface area contributed by atoms with Crippen molar-refractivity contribution < 1.29 is 22.6 Å². The average molecular weight is 336 g/mol. The van der Waals surface area contributed by atoms with E-state index in [1.807, 2.05) is 27.7 Å². The number of ether oxygens (including phenoxy) is 2. The summed E-state index contributed by atoms with van der Waals surface area (Å²) in [6.45, 7) is 11.5. The van der Waals surface area contributed by atoms with E-state index < -0.39 is 18.4 Å². The van der Waals surface area contributed by atoms with Crippen LogP contribution >= 0.6 is 0 Å². The first-order valence-corrected chi connectivity index (χ1v) is 8.02. The van der Waals surface area contributed by atoms with Gasteiger partial charge >= 0.3 is 6.18 Å². The summed E-state index contributed by atoms with van der Waals surface area (Å²) in [4.78, 5) is 8.19. The number of aryl methyl sites for hydroxylation is 2. The Labute approximate surface area is 136 Å². The molecule has 2 rings (SSSR count). The van der Waals surface area contributed by atoms with Crippen molar-refractivity contribution in [3.63, 3.8) is 0 Å². The van der Waals surface area contributed by atoms with Crippen LogP contribution in [-0.2, 0) is 4.74 Å². The summed E-state index contributed by atoms with van der Waals surface area (Å²) in [5.74, 6) is 0.948. The quantitative estimate of drug-likeness (QED) is 0.789. The van der Waals surface area contributed by atoms with Crippen molar-refractivity contribution in [2.45, 2.75) is 72.8 Å². The Morgan fingerprint density at radius 2 is 1.70 bits per heavy atom. The van der Waals surface area contributed by atoms with Gasteiger partial charge in [0.05, 0.1) is 6.61 Å². The van der Waals surface area contributed by atoms with E-state index in [-0.39, 0.29) is 13.0 Å². The van der Waals surface area contributed by atoms with E-state index in [4.69, 9.17) is 9.47 Å². The van der Waals surface area contributed by atoms with E-state index >= 15 is 0 Å². The van der Waals surface area contributed by atoms with Gasteiger partial charge in [-0.2, -0.15) is 18.2 Å². The van der Waals surface area contributed by atoms with Gasteiger partial charge in [0.2, 0.25) is 5.88 Å². The zero-order chi connectivity index (χ0) is 18.0. The third-order valence-corrected chi connectivity index (χ3v) is 2.83. The molecule has 1 saturated heterocycles. The number of nitrogens with zero attached hydrogens (tertiary/aromatic N) is 2. The second-order valence-corrected chi connectivity index (χ2v) is 4.58. The molecule has 0 aromatic carbocycles. The monoisotopic (exact) mass is 336 g/mol. The number of hydrogen-bond donors (Lipinski definition) is 0. The third kappa shape index (κ3) is 7.63. The molecule has 1 aliphatic rings. The van der Waals surface area contributed by atoms with Crippen molar-refractivity contribution in [1.82, 2.24) is 9.97 Å². The molecule has 23 heavy (non-hydrogen) atoms. The lowest BCUT2D eigenvalue weighted by atomic mass is 10.1. The van der Waals surface area contributed by atoms with Crippen molar-refractivity contribution in [3.05, 3.63) is 17.6 Å². The standard InChI is InChI=1S/C12H15F3N2O2.2C2H6/c1-7-5-11(17-8(2)16-7)19-9-3-4-10(18-6-9)12(13,14)15;2*1-2/h5,9-10H,3-4,6H2,1-2H3;2*1-2H3/t9-,10?;;/m1../s1. The Morgan fingerprint density at radius 1 is 1.09 bits per heavy atom. The Morgan fingerprint density at radius 3 is 2.13 bits per heavy atom. The van der Waals surface area contributed by atoms with Crippen LogP contribution in [0.3, 0.4) is 0 Å². The molecule has 0 aliphatic carbocycles. The smallest absolute Gasteiger partial charge is 0.414 e. The highest BCUT2D eigenvalue weighted by molar-refractivity contribution is 5.15. The van der Waals surface area contributed by atoms with Gasteiger partial charge in [0.25, 0.3) is 0 Å². The fourth-order valence-corrected chi connectivity index (χ4v) is 1.99. The van der Waals surface area contributed by atoms with Crippen molar-refractivity contribution >= 4 is 0 Å². The number of hydrogen-bond acceptors (Lipinski definition) is 4. The second kappa shape index (κ2) is 10.4. The highest BCUT2D eigenvalue weighted by Gasteiger charge is 2.43. The lowest BCUT2D eigenvalue weighted by Crippen LogP contribution is -2.41. The lowest BCUT2D eigenvalue weighted by molar-refractivity contribution is -0.238. The molecule has 2 heterocycles. The molecule has 4 nitrogen and oxygen atoms in total.